The average Bonchev–Trinajstić information content (AvgIpc) is 3.14. The summed E-state index contributed by atoms with van der Waals surface area (Å²) in [5, 5.41) is 6.42. The molecule has 0 unspecified atom stereocenters. The predicted octanol–water partition coefficient (Wildman–Crippen LogP) is 7.17. The molecule has 2 heterocycles. The Hall–Kier alpha value is -3.51. The van der Waals surface area contributed by atoms with Crippen molar-refractivity contribution in [1.29, 1.82) is 0 Å². The monoisotopic (exact) mass is 540 g/mol. The Morgan fingerprint density at radius 3 is 2.61 bits per heavy atom. The van der Waals surface area contributed by atoms with Gasteiger partial charge in [0.2, 0.25) is 0 Å². The zero-order valence-electron chi connectivity index (χ0n) is 21.0. The molecule has 0 radical (unpaired) electrons. The van der Waals surface area contributed by atoms with Gasteiger partial charge in [0.25, 0.3) is 5.56 Å². The van der Waals surface area contributed by atoms with Gasteiger partial charge in [-0.3, -0.25) is 4.79 Å². The molecule has 0 spiro atoms. The highest BCUT2D eigenvalue weighted by molar-refractivity contribution is 9.10. The van der Waals surface area contributed by atoms with Gasteiger partial charge in [-0.25, -0.2) is 4.98 Å². The number of nitrogens with zero attached hydrogens (tertiary/aromatic N) is 4. The smallest absolute Gasteiger partial charge is 0.282 e. The second kappa shape index (κ2) is 9.86. The molecule has 1 atom stereocenters. The number of rotatable bonds is 6. The fraction of sp³-hybridized carbons (Fsp3) is 0.233. The van der Waals surface area contributed by atoms with Crippen LogP contribution in [0.4, 0.5) is 0 Å². The van der Waals surface area contributed by atoms with E-state index in [2.05, 4.69) is 90.7 Å². The lowest BCUT2D eigenvalue weighted by Gasteiger charge is -2.14. The van der Waals surface area contributed by atoms with Gasteiger partial charge in [0.15, 0.2) is 0 Å². The van der Waals surface area contributed by atoms with Gasteiger partial charge in [-0.2, -0.15) is 9.78 Å². The molecular weight excluding hydrogens is 512 g/mol. The van der Waals surface area contributed by atoms with Crippen molar-refractivity contribution in [2.24, 2.45) is 5.10 Å². The normalized spacial score (nSPS) is 12.7. The second-order valence-corrected chi connectivity index (χ2v) is 10.3. The summed E-state index contributed by atoms with van der Waals surface area (Å²) in [6.07, 6.45) is 2.68. The van der Waals surface area contributed by atoms with Crippen LogP contribution in [0.15, 0.2) is 81.1 Å². The molecule has 36 heavy (non-hydrogen) atoms. The van der Waals surface area contributed by atoms with Gasteiger partial charge in [0.05, 0.1) is 17.1 Å². The second-order valence-electron chi connectivity index (χ2n) is 9.39. The molecule has 0 N–H and O–H groups in total. The first kappa shape index (κ1) is 24.2. The van der Waals surface area contributed by atoms with Gasteiger partial charge in [-0.05, 0) is 50.1 Å². The zero-order valence-corrected chi connectivity index (χ0v) is 22.6. The molecular formula is C30H29BrN4O. The Balaban J connectivity index is 1.67. The average molecular weight is 541 g/mol. The molecule has 182 valence electrons. The number of para-hydroxylation sites is 1. The quantitative estimate of drug-likeness (QED) is 0.214. The summed E-state index contributed by atoms with van der Waals surface area (Å²) in [6, 6.07) is 22.6. The Morgan fingerprint density at radius 1 is 1.03 bits per heavy atom. The molecule has 0 aliphatic carbocycles. The summed E-state index contributed by atoms with van der Waals surface area (Å²) in [5.74, 6) is 0.765. The lowest BCUT2D eigenvalue weighted by Crippen LogP contribution is -2.23. The Kier molecular flexibility index (Phi) is 6.63. The minimum atomic E-state index is -0.158. The standard InChI is InChI=1S/C30H29BrN4O/c1-5-20(3)29-33-27-14-13-23(31)16-25(27)30(36)35(29)32-17-26-21(4)34(28-12-7-6-11-24(26)28)18-22-10-8-9-19(2)15-22/h6-17,20H,5,18H2,1-4H3/t20-/m1/s1. The van der Waals surface area contributed by atoms with Crippen molar-refractivity contribution in [3.05, 3.63) is 110 Å². The molecule has 3 aromatic carbocycles. The van der Waals surface area contributed by atoms with Crippen LogP contribution in [-0.2, 0) is 6.54 Å². The first-order valence-corrected chi connectivity index (χ1v) is 13.1. The number of benzene rings is 3. The molecule has 2 aromatic heterocycles. The molecule has 0 aliphatic rings. The minimum Gasteiger partial charge on any atom is -0.340 e. The maximum atomic E-state index is 13.6. The number of aromatic nitrogens is 3. The molecule has 0 amide bonds. The van der Waals surface area contributed by atoms with E-state index in [0.717, 1.165) is 39.6 Å². The third kappa shape index (κ3) is 4.42. The maximum Gasteiger partial charge on any atom is 0.282 e. The van der Waals surface area contributed by atoms with Gasteiger partial charge in [0, 0.05) is 39.1 Å². The highest BCUT2D eigenvalue weighted by Gasteiger charge is 2.17. The molecule has 5 aromatic rings. The summed E-state index contributed by atoms with van der Waals surface area (Å²) in [5.41, 5.74) is 6.29. The molecule has 0 saturated heterocycles. The van der Waals surface area contributed by atoms with Gasteiger partial charge < -0.3 is 4.57 Å². The van der Waals surface area contributed by atoms with E-state index in [1.807, 2.05) is 30.5 Å². The van der Waals surface area contributed by atoms with Crippen molar-refractivity contribution in [1.82, 2.24) is 14.2 Å². The highest BCUT2D eigenvalue weighted by Crippen LogP contribution is 2.26. The Labute approximate surface area is 219 Å². The van der Waals surface area contributed by atoms with E-state index in [1.54, 1.807) is 0 Å². The van der Waals surface area contributed by atoms with Crippen molar-refractivity contribution in [3.63, 3.8) is 0 Å². The van der Waals surface area contributed by atoms with Crippen molar-refractivity contribution in [2.75, 3.05) is 0 Å². The topological polar surface area (TPSA) is 52.2 Å². The summed E-state index contributed by atoms with van der Waals surface area (Å²) in [7, 11) is 0. The van der Waals surface area contributed by atoms with Gasteiger partial charge in [-0.1, -0.05) is 77.8 Å². The number of fused-ring (bicyclic) bond motifs is 2. The molecule has 6 heteroatoms. The summed E-state index contributed by atoms with van der Waals surface area (Å²) in [4.78, 5) is 18.4. The van der Waals surface area contributed by atoms with Crippen LogP contribution in [-0.4, -0.2) is 20.4 Å². The largest absolute Gasteiger partial charge is 0.340 e. The summed E-state index contributed by atoms with van der Waals surface area (Å²) in [6.45, 7) is 9.18. The van der Waals surface area contributed by atoms with Gasteiger partial charge >= 0.3 is 0 Å². The van der Waals surface area contributed by atoms with Crippen LogP contribution >= 0.6 is 15.9 Å². The number of aryl methyl sites for hydroxylation is 1. The lowest BCUT2D eigenvalue weighted by molar-refractivity contribution is 0.613. The summed E-state index contributed by atoms with van der Waals surface area (Å²) < 4.78 is 4.64. The van der Waals surface area contributed by atoms with Crippen molar-refractivity contribution >= 4 is 44.0 Å². The van der Waals surface area contributed by atoms with Crippen LogP contribution in [0.2, 0.25) is 0 Å². The van der Waals surface area contributed by atoms with E-state index in [1.165, 1.54) is 15.8 Å². The molecule has 0 aliphatic heterocycles. The van der Waals surface area contributed by atoms with Crippen LogP contribution in [0.25, 0.3) is 21.8 Å². The molecule has 0 fully saturated rings. The van der Waals surface area contributed by atoms with Gasteiger partial charge in [-0.15, -0.1) is 0 Å². The third-order valence-corrected chi connectivity index (χ3v) is 7.38. The van der Waals surface area contributed by atoms with Crippen LogP contribution in [0.3, 0.4) is 0 Å². The first-order valence-electron chi connectivity index (χ1n) is 12.3. The number of halogens is 1. The molecule has 0 saturated carbocycles. The number of hydrogen-bond donors (Lipinski definition) is 0. The minimum absolute atomic E-state index is 0.0895. The van der Waals surface area contributed by atoms with E-state index < -0.39 is 0 Å². The van der Waals surface area contributed by atoms with Crippen molar-refractivity contribution < 1.29 is 0 Å². The maximum absolute atomic E-state index is 13.6. The Morgan fingerprint density at radius 2 is 1.83 bits per heavy atom. The molecule has 5 rings (SSSR count). The van der Waals surface area contributed by atoms with E-state index in [4.69, 9.17) is 10.1 Å². The summed E-state index contributed by atoms with van der Waals surface area (Å²) >= 11 is 3.48. The SMILES string of the molecule is CC[C@@H](C)c1nc2ccc(Br)cc2c(=O)n1N=Cc1c(C)n(Cc2cccc(C)c2)c2ccccc12. The van der Waals surface area contributed by atoms with Gasteiger partial charge in [0.1, 0.15) is 5.82 Å². The van der Waals surface area contributed by atoms with Crippen LogP contribution in [0, 0.1) is 13.8 Å². The first-order chi connectivity index (χ1) is 17.4. The van der Waals surface area contributed by atoms with Crippen molar-refractivity contribution in [3.8, 4) is 0 Å². The van der Waals surface area contributed by atoms with Crippen LogP contribution < -0.4 is 5.56 Å². The van der Waals surface area contributed by atoms with E-state index in [9.17, 15) is 4.79 Å². The van der Waals surface area contributed by atoms with E-state index in [-0.39, 0.29) is 11.5 Å². The zero-order chi connectivity index (χ0) is 25.4. The van der Waals surface area contributed by atoms with E-state index in [0.29, 0.717) is 16.7 Å². The van der Waals surface area contributed by atoms with Crippen LogP contribution in [0.5, 0.6) is 0 Å². The van der Waals surface area contributed by atoms with Crippen molar-refractivity contribution in [2.45, 2.75) is 46.6 Å². The highest BCUT2D eigenvalue weighted by atomic mass is 79.9. The number of hydrogen-bond acceptors (Lipinski definition) is 3. The van der Waals surface area contributed by atoms with Crippen LogP contribution in [0.1, 0.15) is 54.4 Å². The van der Waals surface area contributed by atoms with E-state index >= 15 is 0 Å². The lowest BCUT2D eigenvalue weighted by atomic mass is 10.1. The fourth-order valence-corrected chi connectivity index (χ4v) is 5.07. The molecule has 0 bridgehead atoms. The Bertz CT molecular complexity index is 1680. The third-order valence-electron chi connectivity index (χ3n) is 6.89. The molecule has 5 nitrogen and oxygen atoms in total. The fourth-order valence-electron chi connectivity index (χ4n) is 4.71. The predicted molar refractivity (Wildman–Crippen MR) is 152 cm³/mol.